The number of amidine groups is 1. The number of aromatic nitrogens is 2. The first kappa shape index (κ1) is 11.8. The van der Waals surface area contributed by atoms with Crippen molar-refractivity contribution >= 4 is 28.6 Å². The van der Waals surface area contributed by atoms with Crippen LogP contribution in [0.5, 0.6) is 0 Å². The molecule has 1 atom stereocenters. The number of H-pyrrole nitrogens is 1. The first-order chi connectivity index (χ1) is 8.10. The number of nitrogens with zero attached hydrogens (tertiary/aromatic N) is 2. The van der Waals surface area contributed by atoms with E-state index in [1.807, 2.05) is 32.0 Å². The van der Waals surface area contributed by atoms with Gasteiger partial charge < -0.3 is 15.9 Å². The minimum absolute atomic E-state index is 0.123. The van der Waals surface area contributed by atoms with Crippen molar-refractivity contribution in [1.29, 1.82) is 0 Å². The molecule has 1 aromatic heterocycles. The predicted molar refractivity (Wildman–Crippen MR) is 69.6 cm³/mol. The summed E-state index contributed by atoms with van der Waals surface area (Å²) < 4.78 is 0. The van der Waals surface area contributed by atoms with Gasteiger partial charge in [-0.3, -0.25) is 0 Å². The monoisotopic (exact) mass is 250 g/mol. The van der Waals surface area contributed by atoms with Crippen LogP contribution in [0.3, 0.4) is 0 Å². The van der Waals surface area contributed by atoms with Crippen LogP contribution in [-0.2, 0) is 0 Å². The zero-order valence-corrected chi connectivity index (χ0v) is 10.5. The Labute approximate surface area is 103 Å². The second-order valence-corrected chi connectivity index (χ2v) is 5.18. The van der Waals surface area contributed by atoms with Crippen LogP contribution < -0.4 is 5.73 Å². The van der Waals surface area contributed by atoms with Crippen molar-refractivity contribution in [2.75, 3.05) is 0 Å². The molecule has 0 spiro atoms. The number of benzene rings is 1. The van der Waals surface area contributed by atoms with Gasteiger partial charge in [-0.25, -0.2) is 4.98 Å². The van der Waals surface area contributed by atoms with Crippen molar-refractivity contribution in [3.8, 4) is 0 Å². The van der Waals surface area contributed by atoms with E-state index in [4.69, 9.17) is 10.9 Å². The molecular weight excluding hydrogens is 236 g/mol. The molecule has 5 nitrogen and oxygen atoms in total. The lowest BCUT2D eigenvalue weighted by Crippen LogP contribution is -2.23. The molecule has 0 amide bonds. The molecule has 2 aromatic rings. The summed E-state index contributed by atoms with van der Waals surface area (Å²) in [6.07, 6.45) is 0. The molecule has 6 heteroatoms. The summed E-state index contributed by atoms with van der Waals surface area (Å²) in [6.45, 7) is 3.89. The minimum Gasteiger partial charge on any atom is -0.409 e. The number of fused-ring (bicyclic) bond motifs is 1. The number of hydrogen-bond acceptors (Lipinski definition) is 4. The summed E-state index contributed by atoms with van der Waals surface area (Å²) in [5.41, 5.74) is 8.62. The Balaban J connectivity index is 2.25. The van der Waals surface area contributed by atoms with E-state index >= 15 is 0 Å². The third-order valence-electron chi connectivity index (χ3n) is 2.44. The molecule has 4 N–H and O–H groups in total. The second-order valence-electron chi connectivity index (χ2n) is 3.85. The molecule has 90 valence electrons. The zero-order chi connectivity index (χ0) is 12.4. The van der Waals surface area contributed by atoms with E-state index in [0.29, 0.717) is 0 Å². The van der Waals surface area contributed by atoms with Crippen LogP contribution in [0.4, 0.5) is 0 Å². The van der Waals surface area contributed by atoms with E-state index < -0.39 is 0 Å². The Hall–Kier alpha value is -1.69. The number of nitrogens with two attached hydrogens (primary N) is 1. The molecule has 1 aromatic carbocycles. The molecule has 2 rings (SSSR count). The third-order valence-corrected chi connectivity index (χ3v) is 3.45. The molecule has 0 radical (unpaired) electrons. The standard InChI is InChI=1S/C11H14N4OS/c1-6-3-4-8-9(5-6)14-11(13-8)17-7(2)10(12)15-16/h3-5,7,16H,1-2H3,(H2,12,15)(H,13,14). The van der Waals surface area contributed by atoms with Gasteiger partial charge in [0.15, 0.2) is 11.0 Å². The summed E-state index contributed by atoms with van der Waals surface area (Å²) >= 11 is 1.43. The fourth-order valence-electron chi connectivity index (χ4n) is 1.46. The maximum Gasteiger partial charge on any atom is 0.167 e. The average molecular weight is 250 g/mol. The topological polar surface area (TPSA) is 87.3 Å². The lowest BCUT2D eigenvalue weighted by molar-refractivity contribution is 0.317. The Morgan fingerprint density at radius 3 is 3.06 bits per heavy atom. The van der Waals surface area contributed by atoms with Gasteiger partial charge in [0.2, 0.25) is 0 Å². The van der Waals surface area contributed by atoms with Crippen LogP contribution in [0.15, 0.2) is 28.5 Å². The number of rotatable bonds is 3. The van der Waals surface area contributed by atoms with Crippen molar-refractivity contribution in [3.63, 3.8) is 0 Å². The van der Waals surface area contributed by atoms with Crippen LogP contribution >= 0.6 is 11.8 Å². The first-order valence-corrected chi connectivity index (χ1v) is 6.08. The maximum absolute atomic E-state index is 8.58. The normalized spacial score (nSPS) is 14.1. The number of nitrogens with one attached hydrogen (secondary N) is 1. The predicted octanol–water partition coefficient (Wildman–Crippen LogP) is 2.10. The van der Waals surface area contributed by atoms with Gasteiger partial charge in [-0.15, -0.1) is 0 Å². The van der Waals surface area contributed by atoms with Crippen LogP contribution in [0.25, 0.3) is 11.0 Å². The Morgan fingerprint density at radius 1 is 1.59 bits per heavy atom. The van der Waals surface area contributed by atoms with Crippen LogP contribution in [0.2, 0.25) is 0 Å². The molecule has 0 bridgehead atoms. The van der Waals surface area contributed by atoms with Gasteiger partial charge in [-0.1, -0.05) is 23.0 Å². The highest BCUT2D eigenvalue weighted by Crippen LogP contribution is 2.23. The number of aromatic amines is 1. The Morgan fingerprint density at radius 2 is 2.35 bits per heavy atom. The molecule has 0 aliphatic rings. The van der Waals surface area contributed by atoms with Gasteiger partial charge in [0.1, 0.15) is 0 Å². The van der Waals surface area contributed by atoms with Gasteiger partial charge >= 0.3 is 0 Å². The van der Waals surface area contributed by atoms with E-state index in [9.17, 15) is 0 Å². The van der Waals surface area contributed by atoms with E-state index in [2.05, 4.69) is 15.1 Å². The number of thioether (sulfide) groups is 1. The highest BCUT2D eigenvalue weighted by atomic mass is 32.2. The van der Waals surface area contributed by atoms with E-state index in [-0.39, 0.29) is 11.1 Å². The van der Waals surface area contributed by atoms with E-state index in [1.54, 1.807) is 0 Å². The summed E-state index contributed by atoms with van der Waals surface area (Å²) in [5.74, 6) is 0.187. The quantitative estimate of drug-likeness (QED) is 0.256. The van der Waals surface area contributed by atoms with Crippen LogP contribution in [0, 0.1) is 6.92 Å². The molecule has 0 saturated heterocycles. The molecular formula is C11H14N4OS. The van der Waals surface area contributed by atoms with Gasteiger partial charge in [0.05, 0.1) is 16.3 Å². The lowest BCUT2D eigenvalue weighted by atomic mass is 10.2. The SMILES string of the molecule is Cc1ccc2nc(SC(C)/C(N)=N/O)[nH]c2c1. The molecule has 0 saturated carbocycles. The highest BCUT2D eigenvalue weighted by Gasteiger charge is 2.12. The largest absolute Gasteiger partial charge is 0.409 e. The van der Waals surface area contributed by atoms with Gasteiger partial charge in [-0.2, -0.15) is 0 Å². The van der Waals surface area contributed by atoms with E-state index in [0.717, 1.165) is 16.2 Å². The van der Waals surface area contributed by atoms with Gasteiger partial charge in [0.25, 0.3) is 0 Å². The molecule has 0 aliphatic carbocycles. The summed E-state index contributed by atoms with van der Waals surface area (Å²) in [4.78, 5) is 7.63. The number of imidazole rings is 1. The zero-order valence-electron chi connectivity index (χ0n) is 9.64. The van der Waals surface area contributed by atoms with Crippen LogP contribution in [-0.4, -0.2) is 26.3 Å². The molecule has 0 aliphatic heterocycles. The van der Waals surface area contributed by atoms with Crippen molar-refractivity contribution < 1.29 is 5.21 Å². The van der Waals surface area contributed by atoms with E-state index in [1.165, 1.54) is 17.3 Å². The van der Waals surface area contributed by atoms with Crippen molar-refractivity contribution in [1.82, 2.24) is 9.97 Å². The van der Waals surface area contributed by atoms with Crippen molar-refractivity contribution in [2.24, 2.45) is 10.9 Å². The smallest absolute Gasteiger partial charge is 0.167 e. The van der Waals surface area contributed by atoms with Gasteiger partial charge in [-0.05, 0) is 31.5 Å². The summed E-state index contributed by atoms with van der Waals surface area (Å²) in [7, 11) is 0. The first-order valence-electron chi connectivity index (χ1n) is 5.20. The summed E-state index contributed by atoms with van der Waals surface area (Å²) in [5, 5.41) is 12.2. The average Bonchev–Trinajstić information content (AvgIpc) is 2.69. The fourth-order valence-corrected chi connectivity index (χ4v) is 2.29. The highest BCUT2D eigenvalue weighted by molar-refractivity contribution is 8.00. The molecule has 17 heavy (non-hydrogen) atoms. The molecule has 1 heterocycles. The Bertz CT molecular complexity index is 564. The minimum atomic E-state index is -0.123. The second kappa shape index (κ2) is 4.67. The fraction of sp³-hybridized carbons (Fsp3) is 0.273. The molecule has 0 fully saturated rings. The van der Waals surface area contributed by atoms with Crippen LogP contribution in [0.1, 0.15) is 12.5 Å². The van der Waals surface area contributed by atoms with Gasteiger partial charge in [0, 0.05) is 0 Å². The lowest BCUT2D eigenvalue weighted by Gasteiger charge is -2.05. The third kappa shape index (κ3) is 2.52. The molecule has 1 unspecified atom stereocenters. The maximum atomic E-state index is 8.58. The van der Waals surface area contributed by atoms with Crippen molar-refractivity contribution in [2.45, 2.75) is 24.3 Å². The number of hydrogen-bond donors (Lipinski definition) is 3. The summed E-state index contributed by atoms with van der Waals surface area (Å²) in [6, 6.07) is 6.03. The number of oxime groups is 1. The number of aryl methyl sites for hydroxylation is 1. The van der Waals surface area contributed by atoms with Crippen molar-refractivity contribution in [3.05, 3.63) is 23.8 Å². The Kier molecular flexibility index (Phi) is 3.23.